The van der Waals surface area contributed by atoms with Gasteiger partial charge in [0, 0.05) is 17.5 Å². The molecule has 3 rings (SSSR count). The summed E-state index contributed by atoms with van der Waals surface area (Å²) in [6.07, 6.45) is 2.88. The minimum atomic E-state index is -0.0519. The Morgan fingerprint density at radius 1 is 1.32 bits per heavy atom. The first kappa shape index (κ1) is 13.3. The first-order valence-corrected chi connectivity index (χ1v) is 8.10. The van der Waals surface area contributed by atoms with Gasteiger partial charge in [0.15, 0.2) is 0 Å². The van der Waals surface area contributed by atoms with Gasteiger partial charge in [-0.2, -0.15) is 0 Å². The largest absolute Gasteiger partial charge is 0.310 e. The third-order valence-corrected chi connectivity index (χ3v) is 5.29. The van der Waals surface area contributed by atoms with E-state index in [1.807, 2.05) is 12.1 Å². The molecule has 1 heterocycles. The maximum atomic E-state index is 13.6. The molecular weight excluding hydrogens is 325 g/mol. The number of rotatable bonds is 4. The summed E-state index contributed by atoms with van der Waals surface area (Å²) in [6, 6.07) is 9.97. The SMILES string of the molecule is Fc1cccc2c1CCC2NCCc1ccc(Br)s1. The molecule has 0 bridgehead atoms. The lowest BCUT2D eigenvalue weighted by atomic mass is 10.1. The lowest BCUT2D eigenvalue weighted by molar-refractivity contribution is 0.535. The standard InChI is InChI=1S/C15H15BrFNS/c16-15-7-4-10(19-15)8-9-18-14-6-5-11-12(14)2-1-3-13(11)17/h1-4,7,14,18H,5-6,8-9H2. The van der Waals surface area contributed by atoms with Gasteiger partial charge < -0.3 is 5.32 Å². The molecule has 100 valence electrons. The van der Waals surface area contributed by atoms with Crippen molar-refractivity contribution in [2.24, 2.45) is 0 Å². The fourth-order valence-electron chi connectivity index (χ4n) is 2.68. The highest BCUT2D eigenvalue weighted by molar-refractivity contribution is 9.11. The second kappa shape index (κ2) is 5.73. The van der Waals surface area contributed by atoms with E-state index in [0.29, 0.717) is 6.04 Å². The van der Waals surface area contributed by atoms with Crippen LogP contribution in [0.3, 0.4) is 0 Å². The highest BCUT2D eigenvalue weighted by Crippen LogP contribution is 2.32. The van der Waals surface area contributed by atoms with Crippen LogP contribution in [0.25, 0.3) is 0 Å². The molecule has 1 atom stereocenters. The van der Waals surface area contributed by atoms with Crippen molar-refractivity contribution >= 4 is 27.3 Å². The number of thiophene rings is 1. The molecule has 1 aromatic heterocycles. The van der Waals surface area contributed by atoms with E-state index in [9.17, 15) is 4.39 Å². The molecule has 0 saturated carbocycles. The Morgan fingerprint density at radius 2 is 2.21 bits per heavy atom. The number of fused-ring (bicyclic) bond motifs is 1. The van der Waals surface area contributed by atoms with Gasteiger partial charge in [0.05, 0.1) is 3.79 Å². The summed E-state index contributed by atoms with van der Waals surface area (Å²) < 4.78 is 14.8. The summed E-state index contributed by atoms with van der Waals surface area (Å²) in [6.45, 7) is 0.938. The van der Waals surface area contributed by atoms with Crippen LogP contribution in [0.1, 0.15) is 28.5 Å². The number of hydrogen-bond donors (Lipinski definition) is 1. The fraction of sp³-hybridized carbons (Fsp3) is 0.333. The number of halogens is 2. The molecule has 1 N–H and O–H groups in total. The summed E-state index contributed by atoms with van der Waals surface area (Å²) >= 11 is 5.25. The molecular formula is C15H15BrFNS. The minimum Gasteiger partial charge on any atom is -0.310 e. The van der Waals surface area contributed by atoms with Crippen molar-refractivity contribution in [3.63, 3.8) is 0 Å². The molecule has 0 amide bonds. The Labute approximate surface area is 125 Å². The van der Waals surface area contributed by atoms with Crippen LogP contribution >= 0.6 is 27.3 Å². The van der Waals surface area contributed by atoms with Gasteiger partial charge in [0.1, 0.15) is 5.82 Å². The van der Waals surface area contributed by atoms with Gasteiger partial charge >= 0.3 is 0 Å². The molecule has 1 nitrogen and oxygen atoms in total. The summed E-state index contributed by atoms with van der Waals surface area (Å²) in [5.74, 6) is -0.0519. The molecule has 19 heavy (non-hydrogen) atoms. The van der Waals surface area contributed by atoms with E-state index >= 15 is 0 Å². The van der Waals surface area contributed by atoms with Gasteiger partial charge in [-0.15, -0.1) is 11.3 Å². The Morgan fingerprint density at radius 3 is 3.00 bits per heavy atom. The van der Waals surface area contributed by atoms with E-state index in [2.05, 4.69) is 33.4 Å². The van der Waals surface area contributed by atoms with Crippen molar-refractivity contribution in [2.45, 2.75) is 25.3 Å². The van der Waals surface area contributed by atoms with Crippen molar-refractivity contribution in [2.75, 3.05) is 6.54 Å². The van der Waals surface area contributed by atoms with Gasteiger partial charge in [-0.1, -0.05) is 12.1 Å². The van der Waals surface area contributed by atoms with Crippen LogP contribution in [-0.4, -0.2) is 6.54 Å². The zero-order chi connectivity index (χ0) is 13.2. The first-order valence-electron chi connectivity index (χ1n) is 6.49. The second-order valence-electron chi connectivity index (χ2n) is 4.81. The minimum absolute atomic E-state index is 0.0519. The van der Waals surface area contributed by atoms with Crippen LogP contribution in [0.15, 0.2) is 34.1 Å². The molecule has 1 aromatic carbocycles. The van der Waals surface area contributed by atoms with E-state index in [-0.39, 0.29) is 5.82 Å². The van der Waals surface area contributed by atoms with E-state index in [1.54, 1.807) is 17.4 Å². The third kappa shape index (κ3) is 2.91. The van der Waals surface area contributed by atoms with E-state index in [4.69, 9.17) is 0 Å². The van der Waals surface area contributed by atoms with Crippen molar-refractivity contribution in [3.05, 3.63) is 55.9 Å². The van der Waals surface area contributed by atoms with E-state index in [0.717, 1.165) is 36.9 Å². The van der Waals surface area contributed by atoms with E-state index in [1.165, 1.54) is 8.66 Å². The zero-order valence-electron chi connectivity index (χ0n) is 10.5. The second-order valence-corrected chi connectivity index (χ2v) is 7.36. The van der Waals surface area contributed by atoms with Gasteiger partial charge in [-0.3, -0.25) is 0 Å². The van der Waals surface area contributed by atoms with Gasteiger partial charge in [0.25, 0.3) is 0 Å². The normalized spacial score (nSPS) is 17.7. The van der Waals surface area contributed by atoms with Crippen LogP contribution in [-0.2, 0) is 12.8 Å². The fourth-order valence-corrected chi connectivity index (χ4v) is 4.16. The Hall–Kier alpha value is -0.710. The molecule has 0 spiro atoms. The van der Waals surface area contributed by atoms with Crippen LogP contribution < -0.4 is 5.32 Å². The third-order valence-electron chi connectivity index (χ3n) is 3.60. The predicted molar refractivity (Wildman–Crippen MR) is 81.2 cm³/mol. The van der Waals surface area contributed by atoms with Crippen LogP contribution in [0.4, 0.5) is 4.39 Å². The topological polar surface area (TPSA) is 12.0 Å². The van der Waals surface area contributed by atoms with Crippen molar-refractivity contribution in [1.82, 2.24) is 5.32 Å². The Kier molecular flexibility index (Phi) is 4.01. The molecule has 1 unspecified atom stereocenters. The molecule has 2 aromatic rings. The maximum absolute atomic E-state index is 13.6. The molecule has 4 heteroatoms. The summed E-state index contributed by atoms with van der Waals surface area (Å²) in [5, 5.41) is 3.55. The smallest absolute Gasteiger partial charge is 0.126 e. The summed E-state index contributed by atoms with van der Waals surface area (Å²) in [7, 11) is 0. The first-order chi connectivity index (χ1) is 9.24. The van der Waals surface area contributed by atoms with Crippen molar-refractivity contribution in [1.29, 1.82) is 0 Å². The van der Waals surface area contributed by atoms with Crippen molar-refractivity contribution in [3.8, 4) is 0 Å². The van der Waals surface area contributed by atoms with Gasteiger partial charge in [-0.05, 0) is 64.5 Å². The highest BCUT2D eigenvalue weighted by Gasteiger charge is 2.23. The monoisotopic (exact) mass is 339 g/mol. The maximum Gasteiger partial charge on any atom is 0.126 e. The predicted octanol–water partition coefficient (Wildman–Crippen LogP) is 4.47. The number of nitrogens with one attached hydrogen (secondary N) is 1. The van der Waals surface area contributed by atoms with Gasteiger partial charge in [-0.25, -0.2) is 4.39 Å². The van der Waals surface area contributed by atoms with Crippen LogP contribution in [0, 0.1) is 5.82 Å². The number of hydrogen-bond acceptors (Lipinski definition) is 2. The quantitative estimate of drug-likeness (QED) is 0.866. The van der Waals surface area contributed by atoms with Crippen LogP contribution in [0.5, 0.6) is 0 Å². The lowest BCUT2D eigenvalue weighted by Gasteiger charge is -2.13. The Bertz CT molecular complexity index is 581. The molecule has 0 radical (unpaired) electrons. The van der Waals surface area contributed by atoms with Crippen molar-refractivity contribution < 1.29 is 4.39 Å². The average Bonchev–Trinajstić information content (AvgIpc) is 2.98. The highest BCUT2D eigenvalue weighted by atomic mass is 79.9. The number of benzene rings is 1. The molecule has 1 aliphatic carbocycles. The molecule has 0 saturated heterocycles. The average molecular weight is 340 g/mol. The molecule has 1 aliphatic rings. The molecule has 0 aliphatic heterocycles. The summed E-state index contributed by atoms with van der Waals surface area (Å²) in [5.41, 5.74) is 2.05. The van der Waals surface area contributed by atoms with Crippen LogP contribution in [0.2, 0.25) is 0 Å². The zero-order valence-corrected chi connectivity index (χ0v) is 12.9. The lowest BCUT2D eigenvalue weighted by Crippen LogP contribution is -2.21. The van der Waals surface area contributed by atoms with Gasteiger partial charge in [0.2, 0.25) is 0 Å². The Balaban J connectivity index is 1.59. The van der Waals surface area contributed by atoms with E-state index < -0.39 is 0 Å². The molecule has 0 fully saturated rings. The summed E-state index contributed by atoms with van der Waals surface area (Å²) in [4.78, 5) is 1.37.